The molecule has 6 heteroatoms. The molecule has 3 rings (SSSR count). The normalized spacial score (nSPS) is 16.4. The Balaban J connectivity index is 1.53. The molecule has 0 radical (unpaired) electrons. The molecule has 0 spiro atoms. The van der Waals surface area contributed by atoms with Crippen molar-refractivity contribution in [2.45, 2.75) is 12.8 Å². The molecule has 2 aromatic carbocycles. The van der Waals surface area contributed by atoms with Crippen molar-refractivity contribution in [1.29, 1.82) is 5.26 Å². The standard InChI is InChI=1S/C20H18FN3O2/c21-17-5-1-14(2-6-17)9-10-24-13-16(11-19(24)25)20(26)23-18-7-3-15(12-22)4-8-18/h1-8,16H,9-11,13H2,(H,23,26)/t16-/m0/s1. The van der Waals surface area contributed by atoms with Crippen LogP contribution in [0.4, 0.5) is 10.1 Å². The van der Waals surface area contributed by atoms with Crippen LogP contribution in [0.5, 0.6) is 0 Å². The van der Waals surface area contributed by atoms with Crippen molar-refractivity contribution in [3.63, 3.8) is 0 Å². The first kappa shape index (κ1) is 17.6. The Morgan fingerprint density at radius 2 is 1.88 bits per heavy atom. The molecular weight excluding hydrogens is 333 g/mol. The molecule has 1 aliphatic rings. The van der Waals surface area contributed by atoms with E-state index in [1.165, 1.54) is 12.1 Å². The second-order valence-electron chi connectivity index (χ2n) is 6.30. The number of carbonyl (C=O) groups is 2. The molecule has 132 valence electrons. The van der Waals surface area contributed by atoms with Crippen molar-refractivity contribution in [2.75, 3.05) is 18.4 Å². The molecule has 2 aromatic rings. The lowest BCUT2D eigenvalue weighted by Gasteiger charge is -2.16. The number of benzene rings is 2. The highest BCUT2D eigenvalue weighted by Crippen LogP contribution is 2.20. The lowest BCUT2D eigenvalue weighted by atomic mass is 10.1. The Labute approximate surface area is 151 Å². The molecule has 5 nitrogen and oxygen atoms in total. The van der Waals surface area contributed by atoms with Crippen LogP contribution in [0.2, 0.25) is 0 Å². The van der Waals surface area contributed by atoms with Gasteiger partial charge >= 0.3 is 0 Å². The zero-order valence-corrected chi connectivity index (χ0v) is 14.1. The number of nitriles is 1. The molecule has 2 amide bonds. The van der Waals surface area contributed by atoms with E-state index in [0.29, 0.717) is 30.8 Å². The maximum atomic E-state index is 12.9. The number of likely N-dealkylation sites (tertiary alicyclic amines) is 1. The van der Waals surface area contributed by atoms with E-state index in [9.17, 15) is 14.0 Å². The molecule has 0 unspecified atom stereocenters. The molecule has 1 N–H and O–H groups in total. The molecule has 1 fully saturated rings. The fourth-order valence-electron chi connectivity index (χ4n) is 2.95. The maximum absolute atomic E-state index is 12.9. The summed E-state index contributed by atoms with van der Waals surface area (Å²) in [5.74, 6) is -0.934. The minimum Gasteiger partial charge on any atom is -0.342 e. The smallest absolute Gasteiger partial charge is 0.229 e. The quantitative estimate of drug-likeness (QED) is 0.900. The van der Waals surface area contributed by atoms with E-state index >= 15 is 0 Å². The van der Waals surface area contributed by atoms with E-state index in [4.69, 9.17) is 5.26 Å². The average molecular weight is 351 g/mol. The monoisotopic (exact) mass is 351 g/mol. The van der Waals surface area contributed by atoms with Crippen molar-refractivity contribution < 1.29 is 14.0 Å². The van der Waals surface area contributed by atoms with Crippen LogP contribution in [0.15, 0.2) is 48.5 Å². The highest BCUT2D eigenvalue weighted by Gasteiger charge is 2.33. The Morgan fingerprint density at radius 1 is 1.19 bits per heavy atom. The first-order valence-corrected chi connectivity index (χ1v) is 8.38. The molecule has 0 aliphatic carbocycles. The predicted molar refractivity (Wildman–Crippen MR) is 94.6 cm³/mol. The minimum absolute atomic E-state index is 0.0490. The number of carbonyl (C=O) groups excluding carboxylic acids is 2. The molecule has 0 bridgehead atoms. The van der Waals surface area contributed by atoms with E-state index < -0.39 is 5.92 Å². The van der Waals surface area contributed by atoms with Gasteiger partial charge in [-0.25, -0.2) is 4.39 Å². The van der Waals surface area contributed by atoms with Crippen LogP contribution in [0.25, 0.3) is 0 Å². The first-order chi connectivity index (χ1) is 12.5. The second-order valence-corrected chi connectivity index (χ2v) is 6.30. The van der Waals surface area contributed by atoms with Gasteiger partial charge in [-0.2, -0.15) is 5.26 Å². The third-order valence-electron chi connectivity index (χ3n) is 4.45. The molecule has 1 saturated heterocycles. The van der Waals surface area contributed by atoms with Crippen molar-refractivity contribution >= 4 is 17.5 Å². The zero-order valence-electron chi connectivity index (χ0n) is 14.1. The fourth-order valence-corrected chi connectivity index (χ4v) is 2.95. The van der Waals surface area contributed by atoms with Crippen molar-refractivity contribution in [3.8, 4) is 6.07 Å². The van der Waals surface area contributed by atoms with Gasteiger partial charge in [0.1, 0.15) is 5.82 Å². The molecule has 1 atom stereocenters. The van der Waals surface area contributed by atoms with E-state index in [1.807, 2.05) is 6.07 Å². The van der Waals surface area contributed by atoms with Crippen LogP contribution in [0, 0.1) is 23.1 Å². The average Bonchev–Trinajstić information content (AvgIpc) is 3.03. The van der Waals surface area contributed by atoms with Gasteiger partial charge in [-0.05, 0) is 48.4 Å². The predicted octanol–water partition coefficient (Wildman–Crippen LogP) is 2.73. The third-order valence-corrected chi connectivity index (χ3v) is 4.45. The van der Waals surface area contributed by atoms with Gasteiger partial charge in [0.2, 0.25) is 11.8 Å². The first-order valence-electron chi connectivity index (χ1n) is 8.38. The summed E-state index contributed by atoms with van der Waals surface area (Å²) in [5.41, 5.74) is 2.07. The highest BCUT2D eigenvalue weighted by atomic mass is 19.1. The molecular formula is C20H18FN3O2. The van der Waals surface area contributed by atoms with Gasteiger partial charge in [0.15, 0.2) is 0 Å². The van der Waals surface area contributed by atoms with E-state index in [-0.39, 0.29) is 24.1 Å². The van der Waals surface area contributed by atoms with Gasteiger partial charge in [0, 0.05) is 25.2 Å². The van der Waals surface area contributed by atoms with Crippen LogP contribution in [0.1, 0.15) is 17.5 Å². The summed E-state index contributed by atoms with van der Waals surface area (Å²) < 4.78 is 12.9. The van der Waals surface area contributed by atoms with Crippen LogP contribution < -0.4 is 5.32 Å². The van der Waals surface area contributed by atoms with Crippen molar-refractivity contribution in [2.24, 2.45) is 5.92 Å². The summed E-state index contributed by atoms with van der Waals surface area (Å²) in [4.78, 5) is 26.2. The largest absolute Gasteiger partial charge is 0.342 e. The lowest BCUT2D eigenvalue weighted by Crippen LogP contribution is -2.30. The zero-order chi connectivity index (χ0) is 18.5. The Kier molecular flexibility index (Phi) is 5.28. The number of hydrogen-bond acceptors (Lipinski definition) is 3. The van der Waals surface area contributed by atoms with E-state index in [2.05, 4.69) is 5.32 Å². The van der Waals surface area contributed by atoms with Crippen molar-refractivity contribution in [1.82, 2.24) is 4.90 Å². The summed E-state index contributed by atoms with van der Waals surface area (Å²) in [5, 5.41) is 11.6. The number of nitrogens with one attached hydrogen (secondary N) is 1. The third kappa shape index (κ3) is 4.25. The Morgan fingerprint density at radius 3 is 2.54 bits per heavy atom. The Hall–Kier alpha value is -3.20. The van der Waals surface area contributed by atoms with Gasteiger partial charge in [0.25, 0.3) is 0 Å². The number of amides is 2. The number of nitrogens with zero attached hydrogens (tertiary/aromatic N) is 2. The number of halogens is 1. The highest BCUT2D eigenvalue weighted by molar-refractivity contribution is 5.97. The molecule has 26 heavy (non-hydrogen) atoms. The molecule has 0 aromatic heterocycles. The SMILES string of the molecule is N#Cc1ccc(NC(=O)[C@H]2CC(=O)N(CCc3ccc(F)cc3)C2)cc1. The lowest BCUT2D eigenvalue weighted by molar-refractivity contribution is -0.128. The van der Waals surface area contributed by atoms with Crippen molar-refractivity contribution in [3.05, 3.63) is 65.5 Å². The van der Waals surface area contributed by atoms with Gasteiger partial charge in [-0.3, -0.25) is 9.59 Å². The van der Waals surface area contributed by atoms with Gasteiger partial charge in [0.05, 0.1) is 17.6 Å². The van der Waals surface area contributed by atoms with Crippen LogP contribution in [-0.2, 0) is 16.0 Å². The maximum Gasteiger partial charge on any atom is 0.229 e. The van der Waals surface area contributed by atoms with E-state index in [1.54, 1.807) is 41.3 Å². The van der Waals surface area contributed by atoms with Gasteiger partial charge in [-0.1, -0.05) is 12.1 Å². The summed E-state index contributed by atoms with van der Waals surface area (Å²) in [6.07, 6.45) is 0.807. The van der Waals surface area contributed by atoms with Crippen LogP contribution in [0.3, 0.4) is 0 Å². The molecule has 0 saturated carbocycles. The number of hydrogen-bond donors (Lipinski definition) is 1. The van der Waals surface area contributed by atoms with Crippen LogP contribution in [-0.4, -0.2) is 29.8 Å². The summed E-state index contributed by atoms with van der Waals surface area (Å²) in [6.45, 7) is 0.882. The minimum atomic E-state index is -0.397. The summed E-state index contributed by atoms with van der Waals surface area (Å²) in [6, 6.07) is 14.8. The molecule has 1 heterocycles. The number of rotatable bonds is 5. The fraction of sp³-hybridized carbons (Fsp3) is 0.250. The van der Waals surface area contributed by atoms with Gasteiger partial charge < -0.3 is 10.2 Å². The van der Waals surface area contributed by atoms with Gasteiger partial charge in [-0.15, -0.1) is 0 Å². The summed E-state index contributed by atoms with van der Waals surface area (Å²) >= 11 is 0. The Bertz CT molecular complexity index is 841. The van der Waals surface area contributed by atoms with E-state index in [0.717, 1.165) is 5.56 Å². The second kappa shape index (κ2) is 7.79. The number of anilines is 1. The summed E-state index contributed by atoms with van der Waals surface area (Å²) in [7, 11) is 0. The topological polar surface area (TPSA) is 73.2 Å². The van der Waals surface area contributed by atoms with Crippen LogP contribution >= 0.6 is 0 Å². The molecule has 1 aliphatic heterocycles.